The Labute approximate surface area is 117 Å². The van der Waals surface area contributed by atoms with Crippen molar-refractivity contribution in [3.63, 3.8) is 0 Å². The van der Waals surface area contributed by atoms with Gasteiger partial charge < -0.3 is 9.84 Å². The zero-order valence-corrected chi connectivity index (χ0v) is 11.7. The van der Waals surface area contributed by atoms with Crippen LogP contribution in [0.1, 0.15) is 33.1 Å². The molecule has 1 aromatic rings. The lowest BCUT2D eigenvalue weighted by Crippen LogP contribution is -2.23. The second-order valence-corrected chi connectivity index (χ2v) is 5.25. The third-order valence-corrected chi connectivity index (χ3v) is 3.09. The second kappa shape index (κ2) is 6.88. The van der Waals surface area contributed by atoms with Gasteiger partial charge in [0.05, 0.1) is 16.9 Å². The number of nitro benzene ring substituents is 1. The number of non-ortho nitro benzene ring substituents is 1. The van der Waals surface area contributed by atoms with Crippen molar-refractivity contribution in [3.8, 4) is 5.75 Å². The number of aliphatic carboxylic acids is 1. The molecule has 0 aliphatic rings. The average molecular weight is 281 g/mol. The molecule has 0 unspecified atom stereocenters. The van der Waals surface area contributed by atoms with Gasteiger partial charge in [-0.2, -0.15) is 0 Å². The predicted molar refractivity (Wildman–Crippen MR) is 73.9 cm³/mol. The van der Waals surface area contributed by atoms with Crippen LogP contribution >= 0.6 is 0 Å². The van der Waals surface area contributed by atoms with Gasteiger partial charge in [-0.15, -0.1) is 0 Å². The number of unbranched alkanes of at least 4 members (excludes halogenated alkanes) is 1. The molecular formula is C14H19NO5. The molecule has 0 saturated heterocycles. The van der Waals surface area contributed by atoms with E-state index >= 15 is 0 Å². The van der Waals surface area contributed by atoms with Crippen LogP contribution in [0.4, 0.5) is 5.69 Å². The van der Waals surface area contributed by atoms with Gasteiger partial charge in [0.2, 0.25) is 0 Å². The molecule has 0 fully saturated rings. The zero-order chi connectivity index (χ0) is 15.2. The number of hydrogen-bond acceptors (Lipinski definition) is 4. The number of hydrogen-bond donors (Lipinski definition) is 1. The Kier molecular flexibility index (Phi) is 5.49. The van der Waals surface area contributed by atoms with Crippen LogP contribution in [-0.2, 0) is 4.79 Å². The van der Waals surface area contributed by atoms with Gasteiger partial charge in [-0.05, 0) is 45.2 Å². The number of carbonyl (C=O) groups is 1. The molecule has 0 bridgehead atoms. The minimum atomic E-state index is -0.797. The molecule has 110 valence electrons. The number of rotatable bonds is 8. The molecule has 0 aromatic heterocycles. The van der Waals surface area contributed by atoms with Crippen molar-refractivity contribution < 1.29 is 19.6 Å². The molecule has 6 heteroatoms. The molecule has 0 amide bonds. The molecule has 0 aliphatic heterocycles. The van der Waals surface area contributed by atoms with Crippen LogP contribution in [0, 0.1) is 15.5 Å². The van der Waals surface area contributed by atoms with Crippen molar-refractivity contribution in [2.24, 2.45) is 5.41 Å². The van der Waals surface area contributed by atoms with Gasteiger partial charge in [0.25, 0.3) is 5.69 Å². The molecular weight excluding hydrogens is 262 g/mol. The van der Waals surface area contributed by atoms with Crippen LogP contribution in [0.5, 0.6) is 5.75 Å². The average Bonchev–Trinajstić information content (AvgIpc) is 2.38. The molecule has 0 saturated carbocycles. The number of ether oxygens (including phenoxy) is 1. The van der Waals surface area contributed by atoms with Crippen LogP contribution in [0.15, 0.2) is 24.3 Å². The number of benzene rings is 1. The smallest absolute Gasteiger partial charge is 0.309 e. The van der Waals surface area contributed by atoms with Crippen molar-refractivity contribution in [2.45, 2.75) is 33.1 Å². The first-order valence-corrected chi connectivity index (χ1v) is 6.43. The lowest BCUT2D eigenvalue weighted by molar-refractivity contribution is -0.384. The van der Waals surface area contributed by atoms with Gasteiger partial charge >= 0.3 is 5.97 Å². The summed E-state index contributed by atoms with van der Waals surface area (Å²) in [5.74, 6) is -0.220. The molecule has 20 heavy (non-hydrogen) atoms. The topological polar surface area (TPSA) is 89.7 Å². The van der Waals surface area contributed by atoms with Gasteiger partial charge in [-0.1, -0.05) is 0 Å². The Balaban J connectivity index is 2.28. The Morgan fingerprint density at radius 3 is 2.40 bits per heavy atom. The summed E-state index contributed by atoms with van der Waals surface area (Å²) in [5.41, 5.74) is -0.687. The summed E-state index contributed by atoms with van der Waals surface area (Å²) >= 11 is 0. The Bertz CT molecular complexity index is 467. The van der Waals surface area contributed by atoms with E-state index in [2.05, 4.69) is 0 Å². The highest BCUT2D eigenvalue weighted by Gasteiger charge is 2.25. The van der Waals surface area contributed by atoms with Crippen LogP contribution in [0.25, 0.3) is 0 Å². The Hall–Kier alpha value is -2.11. The van der Waals surface area contributed by atoms with Crippen LogP contribution in [-0.4, -0.2) is 22.6 Å². The predicted octanol–water partition coefficient (Wildman–Crippen LogP) is 3.25. The molecule has 0 spiro atoms. The van der Waals surface area contributed by atoms with E-state index in [0.29, 0.717) is 18.8 Å². The van der Waals surface area contributed by atoms with Crippen molar-refractivity contribution in [1.29, 1.82) is 0 Å². The highest BCUT2D eigenvalue weighted by atomic mass is 16.6. The van der Waals surface area contributed by atoms with Gasteiger partial charge in [0.15, 0.2) is 0 Å². The molecule has 0 heterocycles. The van der Waals surface area contributed by atoms with E-state index in [0.717, 1.165) is 12.8 Å². The molecule has 0 aliphatic carbocycles. The molecule has 1 rings (SSSR count). The van der Waals surface area contributed by atoms with Crippen LogP contribution in [0.2, 0.25) is 0 Å². The third-order valence-electron chi connectivity index (χ3n) is 3.09. The molecule has 1 N–H and O–H groups in total. The fourth-order valence-corrected chi connectivity index (χ4v) is 1.63. The quantitative estimate of drug-likeness (QED) is 0.448. The number of nitro groups is 1. The Morgan fingerprint density at radius 2 is 1.90 bits per heavy atom. The van der Waals surface area contributed by atoms with Crippen molar-refractivity contribution in [2.75, 3.05) is 6.61 Å². The lowest BCUT2D eigenvalue weighted by Gasteiger charge is -2.18. The highest BCUT2D eigenvalue weighted by molar-refractivity contribution is 5.73. The number of carboxylic acids is 1. The summed E-state index contributed by atoms with van der Waals surface area (Å²) in [6, 6.07) is 5.89. The van der Waals surface area contributed by atoms with E-state index in [-0.39, 0.29) is 5.69 Å². The van der Waals surface area contributed by atoms with E-state index in [1.165, 1.54) is 12.1 Å². The fourth-order valence-electron chi connectivity index (χ4n) is 1.63. The highest BCUT2D eigenvalue weighted by Crippen LogP contribution is 2.23. The van der Waals surface area contributed by atoms with Gasteiger partial charge in [0.1, 0.15) is 5.75 Å². The van der Waals surface area contributed by atoms with E-state index < -0.39 is 16.3 Å². The monoisotopic (exact) mass is 281 g/mol. The Morgan fingerprint density at radius 1 is 1.30 bits per heavy atom. The van der Waals surface area contributed by atoms with Crippen molar-refractivity contribution in [1.82, 2.24) is 0 Å². The first-order valence-electron chi connectivity index (χ1n) is 6.43. The van der Waals surface area contributed by atoms with Crippen molar-refractivity contribution >= 4 is 11.7 Å². The first-order chi connectivity index (χ1) is 9.33. The minimum absolute atomic E-state index is 0.0283. The van der Waals surface area contributed by atoms with Gasteiger partial charge in [0, 0.05) is 12.1 Å². The number of carboxylic acid groups (broad SMARTS) is 1. The van der Waals surface area contributed by atoms with E-state index in [1.54, 1.807) is 26.0 Å². The normalized spacial score (nSPS) is 11.1. The molecule has 1 aromatic carbocycles. The SMILES string of the molecule is CC(C)(CCCCOc1ccc([N+](=O)[O-])cc1)C(=O)O. The van der Waals surface area contributed by atoms with Gasteiger partial charge in [-0.25, -0.2) is 0 Å². The summed E-state index contributed by atoms with van der Waals surface area (Å²) in [7, 11) is 0. The summed E-state index contributed by atoms with van der Waals surface area (Å²) in [6.45, 7) is 3.87. The summed E-state index contributed by atoms with van der Waals surface area (Å²) in [6.07, 6.45) is 2.09. The maximum Gasteiger partial charge on any atom is 0.309 e. The first kappa shape index (κ1) is 15.9. The largest absolute Gasteiger partial charge is 0.494 e. The minimum Gasteiger partial charge on any atom is -0.494 e. The van der Waals surface area contributed by atoms with E-state index in [1.807, 2.05) is 0 Å². The number of nitrogens with zero attached hydrogens (tertiary/aromatic N) is 1. The van der Waals surface area contributed by atoms with Crippen LogP contribution < -0.4 is 4.74 Å². The standard InChI is InChI=1S/C14H19NO5/c1-14(2,13(16)17)9-3-4-10-20-12-7-5-11(6-8-12)15(18)19/h5-8H,3-4,9-10H2,1-2H3,(H,16,17). The summed E-state index contributed by atoms with van der Waals surface area (Å²) < 4.78 is 5.45. The molecule has 6 nitrogen and oxygen atoms in total. The third kappa shape index (κ3) is 4.87. The fraction of sp³-hybridized carbons (Fsp3) is 0.500. The van der Waals surface area contributed by atoms with E-state index in [4.69, 9.17) is 9.84 Å². The van der Waals surface area contributed by atoms with Crippen LogP contribution in [0.3, 0.4) is 0 Å². The maximum absolute atomic E-state index is 10.9. The molecule has 0 radical (unpaired) electrons. The zero-order valence-electron chi connectivity index (χ0n) is 11.7. The molecule has 0 atom stereocenters. The van der Waals surface area contributed by atoms with Gasteiger partial charge in [-0.3, -0.25) is 14.9 Å². The summed E-state index contributed by atoms with van der Waals surface area (Å²) in [4.78, 5) is 20.9. The lowest BCUT2D eigenvalue weighted by atomic mass is 9.87. The van der Waals surface area contributed by atoms with E-state index in [9.17, 15) is 14.9 Å². The second-order valence-electron chi connectivity index (χ2n) is 5.25. The van der Waals surface area contributed by atoms with Crippen molar-refractivity contribution in [3.05, 3.63) is 34.4 Å². The maximum atomic E-state index is 10.9. The summed E-state index contributed by atoms with van der Waals surface area (Å²) in [5, 5.41) is 19.4.